The number of aromatic nitrogens is 4. The molecule has 0 unspecified atom stereocenters. The van der Waals surface area contributed by atoms with Gasteiger partial charge in [-0.05, 0) is 61.1 Å². The summed E-state index contributed by atoms with van der Waals surface area (Å²) in [5, 5.41) is 10.8. The highest BCUT2D eigenvalue weighted by atomic mass is 15.1. The van der Waals surface area contributed by atoms with Crippen LogP contribution >= 0.6 is 0 Å². The fourth-order valence-corrected chi connectivity index (χ4v) is 4.58. The molecule has 6 rings (SSSR count). The molecule has 0 saturated heterocycles. The number of benzene rings is 2. The normalized spacial score (nSPS) is 14.2. The number of nitrogens with one attached hydrogen (secondary N) is 2. The first kappa shape index (κ1) is 14.8. The van der Waals surface area contributed by atoms with Crippen molar-refractivity contribution in [3.8, 4) is 11.3 Å². The Hall–Kier alpha value is -3.34. The minimum Gasteiger partial charge on any atom is -0.397 e. The third kappa shape index (κ3) is 2.05. The first-order valence-electron chi connectivity index (χ1n) is 9.44. The van der Waals surface area contributed by atoms with E-state index < -0.39 is 0 Å². The van der Waals surface area contributed by atoms with Crippen LogP contribution in [0, 0.1) is 0 Å². The molecule has 0 radical (unpaired) electrons. The molecule has 0 amide bonds. The van der Waals surface area contributed by atoms with E-state index in [0.29, 0.717) is 0 Å². The minimum atomic E-state index is 0.779. The lowest BCUT2D eigenvalue weighted by atomic mass is 9.85. The van der Waals surface area contributed by atoms with Crippen LogP contribution in [0.25, 0.3) is 44.0 Å². The van der Waals surface area contributed by atoms with Crippen LogP contribution in [-0.4, -0.2) is 20.2 Å². The largest absolute Gasteiger partial charge is 0.397 e. The van der Waals surface area contributed by atoms with E-state index in [4.69, 9.17) is 10.7 Å². The predicted molar refractivity (Wildman–Crippen MR) is 110 cm³/mol. The number of fused-ring (bicyclic) bond motifs is 6. The average molecular weight is 353 g/mol. The Labute approximate surface area is 155 Å². The van der Waals surface area contributed by atoms with Gasteiger partial charge in [0, 0.05) is 33.4 Å². The number of nitrogens with zero attached hydrogens (tertiary/aromatic N) is 2. The van der Waals surface area contributed by atoms with Gasteiger partial charge in [-0.3, -0.25) is 5.10 Å². The predicted octanol–water partition coefficient (Wildman–Crippen LogP) is 4.72. The van der Waals surface area contributed by atoms with Gasteiger partial charge in [-0.25, -0.2) is 4.98 Å². The van der Waals surface area contributed by atoms with Crippen LogP contribution in [0.2, 0.25) is 0 Å². The van der Waals surface area contributed by atoms with Gasteiger partial charge < -0.3 is 10.7 Å². The molecule has 5 heteroatoms. The van der Waals surface area contributed by atoms with E-state index in [-0.39, 0.29) is 0 Å². The van der Waals surface area contributed by atoms with E-state index in [0.717, 1.165) is 51.7 Å². The highest BCUT2D eigenvalue weighted by Crippen LogP contribution is 2.38. The van der Waals surface area contributed by atoms with Crippen molar-refractivity contribution in [3.63, 3.8) is 0 Å². The molecule has 0 atom stereocenters. The topological polar surface area (TPSA) is 83.4 Å². The van der Waals surface area contributed by atoms with Crippen LogP contribution in [-0.2, 0) is 12.8 Å². The van der Waals surface area contributed by atoms with Crippen LogP contribution in [0.4, 0.5) is 5.69 Å². The summed E-state index contributed by atoms with van der Waals surface area (Å²) in [5.74, 6) is 0. The minimum absolute atomic E-state index is 0.779. The van der Waals surface area contributed by atoms with Crippen LogP contribution in [0.3, 0.4) is 0 Å². The molecule has 0 fully saturated rings. The van der Waals surface area contributed by atoms with Gasteiger partial charge in [-0.2, -0.15) is 5.10 Å². The zero-order chi connectivity index (χ0) is 18.0. The second-order valence-corrected chi connectivity index (χ2v) is 7.42. The van der Waals surface area contributed by atoms with Crippen molar-refractivity contribution in [1.82, 2.24) is 20.2 Å². The summed E-state index contributed by atoms with van der Waals surface area (Å²) in [6, 6.07) is 10.6. The first-order valence-corrected chi connectivity index (χ1v) is 9.44. The quantitative estimate of drug-likeness (QED) is 0.408. The van der Waals surface area contributed by atoms with Gasteiger partial charge in [0.15, 0.2) is 0 Å². The molecular formula is C22H19N5. The van der Waals surface area contributed by atoms with E-state index in [2.05, 4.69) is 45.5 Å². The maximum Gasteiger partial charge on any atom is 0.0744 e. The lowest BCUT2D eigenvalue weighted by Gasteiger charge is -2.22. The van der Waals surface area contributed by atoms with Gasteiger partial charge in [-0.1, -0.05) is 6.07 Å². The number of aryl methyl sites for hydroxylation is 1. The van der Waals surface area contributed by atoms with Gasteiger partial charge in [0.25, 0.3) is 0 Å². The van der Waals surface area contributed by atoms with E-state index in [1.165, 1.54) is 34.7 Å². The maximum absolute atomic E-state index is 6.14. The van der Waals surface area contributed by atoms with Gasteiger partial charge in [0.05, 0.1) is 28.6 Å². The van der Waals surface area contributed by atoms with Gasteiger partial charge in [-0.15, -0.1) is 0 Å². The molecular weight excluding hydrogens is 334 g/mol. The van der Waals surface area contributed by atoms with Crippen molar-refractivity contribution in [2.45, 2.75) is 25.7 Å². The Morgan fingerprint density at radius 2 is 1.78 bits per heavy atom. The smallest absolute Gasteiger partial charge is 0.0744 e. The molecule has 132 valence electrons. The van der Waals surface area contributed by atoms with E-state index in [1.807, 2.05) is 12.4 Å². The Balaban J connectivity index is 1.71. The summed E-state index contributed by atoms with van der Waals surface area (Å²) < 4.78 is 0. The molecule has 0 saturated carbocycles. The van der Waals surface area contributed by atoms with Crippen molar-refractivity contribution in [2.75, 3.05) is 5.73 Å². The number of nitrogens with two attached hydrogens (primary N) is 1. The molecule has 2 aromatic carbocycles. The standard InChI is InChI=1S/C22H19N5/c23-17-11-24-18-6-5-12(9-15(17)18)22-14-4-2-1-3-13(14)21-16-10-25-27-19(16)7-8-20(21)26-22/h5-11,24H,1-4,23H2,(H,25,27). The fraction of sp³-hybridized carbons (Fsp3) is 0.182. The number of H-pyrrole nitrogens is 2. The number of hydrogen-bond acceptors (Lipinski definition) is 3. The van der Waals surface area contributed by atoms with Gasteiger partial charge in [0.1, 0.15) is 0 Å². The monoisotopic (exact) mass is 353 g/mol. The van der Waals surface area contributed by atoms with Crippen molar-refractivity contribution in [3.05, 3.63) is 53.9 Å². The SMILES string of the molecule is Nc1c[nH]c2ccc(-c3nc4ccc5[nH]ncc5c4c4c3CCCC4)cc12. The Morgan fingerprint density at radius 1 is 0.926 bits per heavy atom. The average Bonchev–Trinajstić information content (AvgIpc) is 3.33. The number of hydrogen-bond donors (Lipinski definition) is 3. The maximum atomic E-state index is 6.14. The van der Waals surface area contributed by atoms with Crippen molar-refractivity contribution in [1.29, 1.82) is 0 Å². The van der Waals surface area contributed by atoms with E-state index >= 15 is 0 Å². The molecule has 0 aliphatic heterocycles. The Morgan fingerprint density at radius 3 is 2.70 bits per heavy atom. The molecule has 4 N–H and O–H groups in total. The first-order chi connectivity index (χ1) is 13.3. The van der Waals surface area contributed by atoms with Gasteiger partial charge in [0.2, 0.25) is 0 Å². The summed E-state index contributed by atoms with van der Waals surface area (Å²) in [4.78, 5) is 8.34. The van der Waals surface area contributed by atoms with Crippen LogP contribution in [0.15, 0.2) is 42.7 Å². The Bertz CT molecular complexity index is 1340. The molecule has 5 aromatic rings. The second kappa shape index (κ2) is 5.33. The third-order valence-corrected chi connectivity index (χ3v) is 5.88. The summed E-state index contributed by atoms with van der Waals surface area (Å²) >= 11 is 0. The van der Waals surface area contributed by atoms with Crippen LogP contribution in [0.1, 0.15) is 24.0 Å². The molecule has 0 spiro atoms. The summed E-state index contributed by atoms with van der Waals surface area (Å²) in [5.41, 5.74) is 15.2. The highest BCUT2D eigenvalue weighted by molar-refractivity contribution is 6.08. The zero-order valence-corrected chi connectivity index (χ0v) is 14.8. The van der Waals surface area contributed by atoms with Crippen molar-refractivity contribution >= 4 is 38.4 Å². The molecule has 0 bridgehead atoms. The molecule has 5 nitrogen and oxygen atoms in total. The molecule has 27 heavy (non-hydrogen) atoms. The lowest BCUT2D eigenvalue weighted by molar-refractivity contribution is 0.689. The van der Waals surface area contributed by atoms with E-state index in [1.54, 1.807) is 0 Å². The summed E-state index contributed by atoms with van der Waals surface area (Å²) in [7, 11) is 0. The number of pyridine rings is 1. The number of anilines is 1. The molecule has 1 aliphatic rings. The Kier molecular flexibility index (Phi) is 2.92. The fourth-order valence-electron chi connectivity index (χ4n) is 4.58. The molecule has 3 aromatic heterocycles. The molecule has 1 aliphatic carbocycles. The number of rotatable bonds is 1. The third-order valence-electron chi connectivity index (χ3n) is 5.88. The van der Waals surface area contributed by atoms with Crippen LogP contribution < -0.4 is 5.73 Å². The lowest BCUT2D eigenvalue weighted by Crippen LogP contribution is -2.07. The van der Waals surface area contributed by atoms with Crippen molar-refractivity contribution < 1.29 is 0 Å². The van der Waals surface area contributed by atoms with Gasteiger partial charge >= 0.3 is 0 Å². The van der Waals surface area contributed by atoms with E-state index in [9.17, 15) is 0 Å². The van der Waals surface area contributed by atoms with Crippen LogP contribution in [0.5, 0.6) is 0 Å². The molecule has 3 heterocycles. The summed E-state index contributed by atoms with van der Waals surface area (Å²) in [6.07, 6.45) is 8.39. The summed E-state index contributed by atoms with van der Waals surface area (Å²) in [6.45, 7) is 0. The second-order valence-electron chi connectivity index (χ2n) is 7.42. The number of nitrogen functional groups attached to an aromatic ring is 1. The highest BCUT2D eigenvalue weighted by Gasteiger charge is 2.21. The number of aromatic amines is 2. The van der Waals surface area contributed by atoms with Crippen molar-refractivity contribution in [2.24, 2.45) is 0 Å². The zero-order valence-electron chi connectivity index (χ0n) is 14.8.